The SMILES string of the molecule is CC(C)C[C@@H](C(=O)NN(C(=O)OCc1ccccc1)c1ccccc1)[C@H](CCCc1ccccc1)C(=O)OC(C)(C)C. The third kappa shape index (κ3) is 10.7. The van der Waals surface area contributed by atoms with Crippen molar-refractivity contribution in [1.82, 2.24) is 5.43 Å². The number of nitrogens with zero attached hydrogens (tertiary/aromatic N) is 1. The maximum Gasteiger partial charge on any atom is 0.433 e. The van der Waals surface area contributed by atoms with Crippen molar-refractivity contribution in [2.45, 2.75) is 72.5 Å². The molecule has 0 saturated carbocycles. The first kappa shape index (κ1) is 32.4. The summed E-state index contributed by atoms with van der Waals surface area (Å²) >= 11 is 0. The molecule has 7 heteroatoms. The van der Waals surface area contributed by atoms with Crippen molar-refractivity contribution in [3.8, 4) is 0 Å². The molecule has 1 N–H and O–H groups in total. The molecule has 0 aliphatic rings. The van der Waals surface area contributed by atoms with Crippen LogP contribution in [-0.2, 0) is 32.1 Å². The number of hydrazine groups is 1. The summed E-state index contributed by atoms with van der Waals surface area (Å²) < 4.78 is 11.4. The minimum Gasteiger partial charge on any atom is -0.460 e. The number of benzene rings is 3. The Balaban J connectivity index is 1.85. The van der Waals surface area contributed by atoms with E-state index in [9.17, 15) is 14.4 Å². The number of esters is 1. The van der Waals surface area contributed by atoms with Gasteiger partial charge in [-0.3, -0.25) is 15.0 Å². The number of amides is 2. The molecule has 0 aliphatic heterocycles. The maximum absolute atomic E-state index is 14.0. The van der Waals surface area contributed by atoms with Crippen molar-refractivity contribution in [3.63, 3.8) is 0 Å². The quantitative estimate of drug-likeness (QED) is 0.179. The van der Waals surface area contributed by atoms with Gasteiger partial charge in [0.15, 0.2) is 0 Å². The summed E-state index contributed by atoms with van der Waals surface area (Å²) in [6.45, 7) is 9.54. The van der Waals surface area contributed by atoms with Crippen molar-refractivity contribution in [2.24, 2.45) is 17.8 Å². The average molecular weight is 573 g/mol. The Hall–Kier alpha value is -4.13. The number of carbonyl (C=O) groups is 3. The van der Waals surface area contributed by atoms with Crippen molar-refractivity contribution in [2.75, 3.05) is 5.01 Å². The summed E-state index contributed by atoms with van der Waals surface area (Å²) in [6.07, 6.45) is 1.68. The van der Waals surface area contributed by atoms with E-state index < -0.39 is 35.4 Å². The number of hydrogen-bond donors (Lipinski definition) is 1. The van der Waals surface area contributed by atoms with Gasteiger partial charge in [0.1, 0.15) is 12.2 Å². The molecule has 0 spiro atoms. The zero-order chi connectivity index (χ0) is 30.5. The normalized spacial score (nSPS) is 12.7. The Kier molecular flexibility index (Phi) is 12.1. The molecule has 0 aromatic heterocycles. The van der Waals surface area contributed by atoms with Gasteiger partial charge in [0.05, 0.1) is 17.5 Å². The number of ether oxygens (including phenoxy) is 2. The van der Waals surface area contributed by atoms with Crippen molar-refractivity contribution < 1.29 is 23.9 Å². The molecule has 0 fully saturated rings. The molecule has 3 aromatic carbocycles. The fourth-order valence-corrected chi connectivity index (χ4v) is 4.76. The van der Waals surface area contributed by atoms with Gasteiger partial charge >= 0.3 is 12.1 Å². The molecule has 2 amide bonds. The molecular formula is C35H44N2O5. The molecule has 3 aromatic rings. The third-order valence-electron chi connectivity index (χ3n) is 6.70. The zero-order valence-corrected chi connectivity index (χ0v) is 25.4. The lowest BCUT2D eigenvalue weighted by molar-refractivity contribution is -0.164. The van der Waals surface area contributed by atoms with Gasteiger partial charge in [-0.2, -0.15) is 5.01 Å². The van der Waals surface area contributed by atoms with Crippen LogP contribution in [0.1, 0.15) is 65.0 Å². The molecule has 0 saturated heterocycles. The minimum atomic E-state index is -0.723. The molecule has 0 bridgehead atoms. The number of rotatable bonds is 12. The van der Waals surface area contributed by atoms with Gasteiger partial charge in [0.2, 0.25) is 5.91 Å². The molecule has 2 atom stereocenters. The monoisotopic (exact) mass is 572 g/mol. The summed E-state index contributed by atoms with van der Waals surface area (Å²) in [5, 5.41) is 1.12. The average Bonchev–Trinajstić information content (AvgIpc) is 2.96. The summed E-state index contributed by atoms with van der Waals surface area (Å²) in [6, 6.07) is 28.2. The number of hydrogen-bond acceptors (Lipinski definition) is 5. The summed E-state index contributed by atoms with van der Waals surface area (Å²) in [4.78, 5) is 40.9. The Morgan fingerprint density at radius 2 is 1.33 bits per heavy atom. The van der Waals surface area contributed by atoms with Crippen LogP contribution in [0.5, 0.6) is 0 Å². The lowest BCUT2D eigenvalue weighted by Crippen LogP contribution is -2.51. The van der Waals surface area contributed by atoms with Crippen LogP contribution in [0.3, 0.4) is 0 Å². The highest BCUT2D eigenvalue weighted by molar-refractivity contribution is 5.94. The third-order valence-corrected chi connectivity index (χ3v) is 6.70. The first-order valence-electron chi connectivity index (χ1n) is 14.7. The van der Waals surface area contributed by atoms with E-state index in [0.717, 1.165) is 17.0 Å². The van der Waals surface area contributed by atoms with Gasteiger partial charge in [-0.05, 0) is 75.6 Å². The predicted molar refractivity (Wildman–Crippen MR) is 165 cm³/mol. The van der Waals surface area contributed by atoms with E-state index in [1.165, 1.54) is 5.56 Å². The largest absolute Gasteiger partial charge is 0.460 e. The number of nitrogens with one attached hydrogen (secondary N) is 1. The molecule has 0 aliphatic carbocycles. The van der Waals surface area contributed by atoms with Crippen LogP contribution in [0.25, 0.3) is 0 Å². The Morgan fingerprint density at radius 1 is 0.786 bits per heavy atom. The molecule has 0 heterocycles. The van der Waals surface area contributed by atoms with E-state index in [1.807, 2.05) is 89.2 Å². The van der Waals surface area contributed by atoms with Crippen molar-refractivity contribution in [1.29, 1.82) is 0 Å². The van der Waals surface area contributed by atoms with Crippen molar-refractivity contribution in [3.05, 3.63) is 102 Å². The number of aryl methyl sites for hydroxylation is 1. The molecule has 42 heavy (non-hydrogen) atoms. The number of carbonyl (C=O) groups excluding carboxylic acids is 3. The maximum atomic E-state index is 14.0. The van der Waals surface area contributed by atoms with Crippen LogP contribution >= 0.6 is 0 Å². The van der Waals surface area contributed by atoms with Crippen LogP contribution in [0.15, 0.2) is 91.0 Å². The second-order valence-corrected chi connectivity index (χ2v) is 11.9. The van der Waals surface area contributed by atoms with E-state index in [-0.39, 0.29) is 12.5 Å². The first-order valence-corrected chi connectivity index (χ1v) is 14.7. The van der Waals surface area contributed by atoms with Gasteiger partial charge in [-0.1, -0.05) is 92.7 Å². The Morgan fingerprint density at radius 3 is 1.88 bits per heavy atom. The van der Waals surface area contributed by atoms with E-state index >= 15 is 0 Å². The lowest BCUT2D eigenvalue weighted by Gasteiger charge is -2.31. The van der Waals surface area contributed by atoms with Crippen LogP contribution in [-0.4, -0.2) is 23.6 Å². The Labute approximate surface area is 250 Å². The van der Waals surface area contributed by atoms with E-state index in [1.54, 1.807) is 24.3 Å². The molecule has 0 unspecified atom stereocenters. The first-order chi connectivity index (χ1) is 20.0. The molecule has 3 rings (SSSR count). The molecule has 7 nitrogen and oxygen atoms in total. The topological polar surface area (TPSA) is 84.9 Å². The van der Waals surface area contributed by atoms with E-state index in [4.69, 9.17) is 9.47 Å². The van der Waals surface area contributed by atoms with Gasteiger partial charge in [0, 0.05) is 0 Å². The summed E-state index contributed by atoms with van der Waals surface area (Å²) in [5.74, 6) is -2.12. The van der Waals surface area contributed by atoms with Gasteiger partial charge < -0.3 is 9.47 Å². The second-order valence-electron chi connectivity index (χ2n) is 11.9. The second kappa shape index (κ2) is 15.8. The lowest BCUT2D eigenvalue weighted by atomic mass is 9.81. The minimum absolute atomic E-state index is 0.0499. The summed E-state index contributed by atoms with van der Waals surface area (Å²) in [5.41, 5.74) is 4.53. The Bertz CT molecular complexity index is 1260. The fourth-order valence-electron chi connectivity index (χ4n) is 4.76. The highest BCUT2D eigenvalue weighted by Crippen LogP contribution is 2.29. The van der Waals surface area contributed by atoms with Crippen LogP contribution in [0.4, 0.5) is 10.5 Å². The number of anilines is 1. The van der Waals surface area contributed by atoms with Gasteiger partial charge in [-0.25, -0.2) is 4.79 Å². The van der Waals surface area contributed by atoms with E-state index in [0.29, 0.717) is 24.9 Å². The van der Waals surface area contributed by atoms with Crippen LogP contribution in [0, 0.1) is 17.8 Å². The van der Waals surface area contributed by atoms with Crippen LogP contribution < -0.4 is 10.4 Å². The van der Waals surface area contributed by atoms with Crippen molar-refractivity contribution >= 4 is 23.7 Å². The molecule has 0 radical (unpaired) electrons. The van der Waals surface area contributed by atoms with E-state index in [2.05, 4.69) is 17.6 Å². The smallest absolute Gasteiger partial charge is 0.433 e. The molecular weight excluding hydrogens is 528 g/mol. The standard InChI is InChI=1S/C35H44N2O5/c1-26(2)24-31(30(33(39)42-35(3,4)5)23-15-20-27-16-9-6-10-17-27)32(38)36-37(29-21-13-8-14-22-29)34(40)41-25-28-18-11-7-12-19-28/h6-14,16-19,21-22,26,30-31H,15,20,23-25H2,1-5H3,(H,36,38)/t30-,31+/m0/s1. The highest BCUT2D eigenvalue weighted by Gasteiger charge is 2.38. The van der Waals surface area contributed by atoms with Gasteiger partial charge in [0.25, 0.3) is 0 Å². The zero-order valence-electron chi connectivity index (χ0n) is 25.4. The number of para-hydroxylation sites is 1. The predicted octanol–water partition coefficient (Wildman–Crippen LogP) is 7.50. The molecule has 224 valence electrons. The van der Waals surface area contributed by atoms with Crippen LogP contribution in [0.2, 0.25) is 0 Å². The van der Waals surface area contributed by atoms with Gasteiger partial charge in [-0.15, -0.1) is 0 Å². The highest BCUT2D eigenvalue weighted by atomic mass is 16.6. The fraction of sp³-hybridized carbons (Fsp3) is 0.400. The summed E-state index contributed by atoms with van der Waals surface area (Å²) in [7, 11) is 0.